The molecule has 1 saturated heterocycles. The van der Waals surface area contributed by atoms with E-state index in [2.05, 4.69) is 47.0 Å². The molecule has 0 saturated carbocycles. The van der Waals surface area contributed by atoms with E-state index in [9.17, 15) is 0 Å². The molecule has 0 unspecified atom stereocenters. The standard InChI is InChI=1S/C14H25N3OS/c1-12(2)9-15-10-13-8-14(18-16-13)11-17-4-3-6-19-7-5-17/h8,12,15H,3-7,9-11H2,1-2H3. The van der Waals surface area contributed by atoms with Gasteiger partial charge in [-0.3, -0.25) is 4.90 Å². The maximum Gasteiger partial charge on any atom is 0.151 e. The zero-order valence-corrected chi connectivity index (χ0v) is 12.8. The van der Waals surface area contributed by atoms with Crippen LogP contribution in [-0.2, 0) is 13.1 Å². The Morgan fingerprint density at radius 2 is 2.32 bits per heavy atom. The van der Waals surface area contributed by atoms with Gasteiger partial charge in [-0.15, -0.1) is 0 Å². The first-order chi connectivity index (χ1) is 9.24. The van der Waals surface area contributed by atoms with Crippen LogP contribution in [0, 0.1) is 5.92 Å². The number of hydrogen-bond donors (Lipinski definition) is 1. The highest BCUT2D eigenvalue weighted by atomic mass is 32.2. The van der Waals surface area contributed by atoms with Crippen molar-refractivity contribution in [3.8, 4) is 0 Å². The minimum atomic E-state index is 0.668. The minimum absolute atomic E-state index is 0.668. The van der Waals surface area contributed by atoms with Gasteiger partial charge in [0.15, 0.2) is 5.76 Å². The maximum atomic E-state index is 5.43. The molecule has 1 N–H and O–H groups in total. The van der Waals surface area contributed by atoms with Crippen LogP contribution in [0.1, 0.15) is 31.7 Å². The number of aromatic nitrogens is 1. The summed E-state index contributed by atoms with van der Waals surface area (Å²) in [6.45, 7) is 9.47. The molecule has 1 aromatic rings. The van der Waals surface area contributed by atoms with Crippen molar-refractivity contribution < 1.29 is 4.52 Å². The van der Waals surface area contributed by atoms with E-state index in [1.54, 1.807) is 0 Å². The van der Waals surface area contributed by atoms with E-state index in [1.807, 2.05) is 0 Å². The van der Waals surface area contributed by atoms with Crippen molar-refractivity contribution in [2.45, 2.75) is 33.4 Å². The zero-order valence-electron chi connectivity index (χ0n) is 12.0. The minimum Gasteiger partial charge on any atom is -0.360 e. The van der Waals surface area contributed by atoms with Gasteiger partial charge in [0, 0.05) is 24.9 Å². The summed E-state index contributed by atoms with van der Waals surface area (Å²) in [6, 6.07) is 2.09. The lowest BCUT2D eigenvalue weighted by Crippen LogP contribution is -2.25. The summed E-state index contributed by atoms with van der Waals surface area (Å²) in [5.41, 5.74) is 1.01. The second-order valence-electron chi connectivity index (χ2n) is 5.55. The third kappa shape index (κ3) is 5.55. The molecule has 0 spiro atoms. The molecule has 1 fully saturated rings. The molecule has 1 aromatic heterocycles. The lowest BCUT2D eigenvalue weighted by Gasteiger charge is -2.16. The summed E-state index contributed by atoms with van der Waals surface area (Å²) >= 11 is 2.05. The first-order valence-electron chi connectivity index (χ1n) is 7.19. The first-order valence-corrected chi connectivity index (χ1v) is 8.35. The Labute approximate surface area is 120 Å². The molecule has 108 valence electrons. The normalized spacial score (nSPS) is 17.8. The van der Waals surface area contributed by atoms with Gasteiger partial charge < -0.3 is 9.84 Å². The van der Waals surface area contributed by atoms with Gasteiger partial charge in [0.25, 0.3) is 0 Å². The Bertz CT molecular complexity index is 359. The number of nitrogens with zero attached hydrogens (tertiary/aromatic N) is 2. The van der Waals surface area contributed by atoms with Gasteiger partial charge >= 0.3 is 0 Å². The molecular weight excluding hydrogens is 258 g/mol. The Hall–Kier alpha value is -0.520. The quantitative estimate of drug-likeness (QED) is 0.868. The van der Waals surface area contributed by atoms with Crippen molar-refractivity contribution in [3.05, 3.63) is 17.5 Å². The van der Waals surface area contributed by atoms with Crippen molar-refractivity contribution in [3.63, 3.8) is 0 Å². The Kier molecular flexibility index (Phi) is 6.20. The van der Waals surface area contributed by atoms with Crippen LogP contribution in [0.2, 0.25) is 0 Å². The smallest absolute Gasteiger partial charge is 0.151 e. The van der Waals surface area contributed by atoms with Crippen molar-refractivity contribution in [2.75, 3.05) is 31.1 Å². The van der Waals surface area contributed by atoms with E-state index in [0.29, 0.717) is 5.92 Å². The summed E-state index contributed by atoms with van der Waals surface area (Å²) < 4.78 is 5.43. The SMILES string of the molecule is CC(C)CNCc1cc(CN2CCCSCC2)on1. The topological polar surface area (TPSA) is 41.3 Å². The molecule has 0 amide bonds. The van der Waals surface area contributed by atoms with Gasteiger partial charge in [0.1, 0.15) is 0 Å². The summed E-state index contributed by atoms with van der Waals surface area (Å²) in [4.78, 5) is 2.46. The van der Waals surface area contributed by atoms with Crippen LogP contribution in [0.4, 0.5) is 0 Å². The number of hydrogen-bond acceptors (Lipinski definition) is 5. The van der Waals surface area contributed by atoms with Crippen LogP contribution in [0.5, 0.6) is 0 Å². The molecular formula is C14H25N3OS. The lowest BCUT2D eigenvalue weighted by molar-refractivity contribution is 0.245. The lowest BCUT2D eigenvalue weighted by atomic mass is 10.2. The van der Waals surface area contributed by atoms with Crippen molar-refractivity contribution in [1.29, 1.82) is 0 Å². The molecule has 0 aromatic carbocycles. The summed E-state index contributed by atoms with van der Waals surface area (Å²) in [6.07, 6.45) is 1.28. The number of thioether (sulfide) groups is 1. The van der Waals surface area contributed by atoms with Gasteiger partial charge in [-0.05, 0) is 31.2 Å². The first kappa shape index (κ1) is 14.9. The Morgan fingerprint density at radius 1 is 1.42 bits per heavy atom. The summed E-state index contributed by atoms with van der Waals surface area (Å²) in [7, 11) is 0. The summed E-state index contributed by atoms with van der Waals surface area (Å²) in [5, 5.41) is 7.52. The molecule has 5 heteroatoms. The molecule has 4 nitrogen and oxygen atoms in total. The molecule has 2 heterocycles. The molecule has 19 heavy (non-hydrogen) atoms. The van der Waals surface area contributed by atoms with Crippen LogP contribution < -0.4 is 5.32 Å². The van der Waals surface area contributed by atoms with Crippen LogP contribution in [0.3, 0.4) is 0 Å². The van der Waals surface area contributed by atoms with Crippen LogP contribution in [-0.4, -0.2) is 41.2 Å². The third-order valence-corrected chi connectivity index (χ3v) is 4.21. The van der Waals surface area contributed by atoms with E-state index in [1.165, 1.54) is 24.5 Å². The van der Waals surface area contributed by atoms with Gasteiger partial charge in [-0.2, -0.15) is 11.8 Å². The predicted molar refractivity (Wildman–Crippen MR) is 80.3 cm³/mol. The highest BCUT2D eigenvalue weighted by molar-refractivity contribution is 7.99. The molecule has 1 aliphatic heterocycles. The van der Waals surface area contributed by atoms with Gasteiger partial charge in [0.05, 0.1) is 12.2 Å². The highest BCUT2D eigenvalue weighted by Gasteiger charge is 2.12. The van der Waals surface area contributed by atoms with E-state index in [4.69, 9.17) is 4.52 Å². The largest absolute Gasteiger partial charge is 0.360 e. The third-order valence-electron chi connectivity index (χ3n) is 3.16. The maximum absolute atomic E-state index is 5.43. The monoisotopic (exact) mass is 283 g/mol. The van der Waals surface area contributed by atoms with Crippen molar-refractivity contribution in [2.24, 2.45) is 5.92 Å². The number of rotatable bonds is 6. The predicted octanol–water partition coefficient (Wildman–Crippen LogP) is 2.36. The zero-order chi connectivity index (χ0) is 13.5. The fourth-order valence-corrected chi connectivity index (χ4v) is 3.10. The highest BCUT2D eigenvalue weighted by Crippen LogP contribution is 2.13. The van der Waals surface area contributed by atoms with Crippen LogP contribution in [0.25, 0.3) is 0 Å². The molecule has 2 rings (SSSR count). The van der Waals surface area contributed by atoms with Crippen LogP contribution in [0.15, 0.2) is 10.6 Å². The Balaban J connectivity index is 1.76. The van der Waals surface area contributed by atoms with E-state index in [0.717, 1.165) is 37.6 Å². The fourth-order valence-electron chi connectivity index (χ4n) is 2.18. The number of nitrogens with one attached hydrogen (secondary N) is 1. The van der Waals surface area contributed by atoms with Gasteiger partial charge in [0.2, 0.25) is 0 Å². The average molecular weight is 283 g/mol. The van der Waals surface area contributed by atoms with Gasteiger partial charge in [-0.1, -0.05) is 19.0 Å². The molecule has 0 aliphatic carbocycles. The second kappa shape index (κ2) is 7.92. The fraction of sp³-hybridized carbons (Fsp3) is 0.786. The van der Waals surface area contributed by atoms with E-state index in [-0.39, 0.29) is 0 Å². The van der Waals surface area contributed by atoms with Crippen LogP contribution >= 0.6 is 11.8 Å². The van der Waals surface area contributed by atoms with Crippen molar-refractivity contribution >= 4 is 11.8 Å². The van der Waals surface area contributed by atoms with E-state index < -0.39 is 0 Å². The molecule has 0 radical (unpaired) electrons. The van der Waals surface area contributed by atoms with Crippen molar-refractivity contribution in [1.82, 2.24) is 15.4 Å². The molecule has 0 atom stereocenters. The Morgan fingerprint density at radius 3 is 3.16 bits per heavy atom. The second-order valence-corrected chi connectivity index (χ2v) is 6.78. The average Bonchev–Trinajstić information content (AvgIpc) is 2.65. The van der Waals surface area contributed by atoms with Gasteiger partial charge in [-0.25, -0.2) is 0 Å². The summed E-state index contributed by atoms with van der Waals surface area (Å²) in [5.74, 6) is 4.18. The van der Waals surface area contributed by atoms with E-state index >= 15 is 0 Å². The molecule has 1 aliphatic rings. The molecule has 0 bridgehead atoms.